The summed E-state index contributed by atoms with van der Waals surface area (Å²) in [6.45, 7) is 0. The van der Waals surface area contributed by atoms with Crippen LogP contribution in [0.3, 0.4) is 0 Å². The zero-order valence-corrected chi connectivity index (χ0v) is 17.7. The van der Waals surface area contributed by atoms with Gasteiger partial charge in [-0.05, 0) is 6.07 Å². The summed E-state index contributed by atoms with van der Waals surface area (Å²) < 4.78 is 15.7. The highest BCUT2D eigenvalue weighted by Crippen LogP contribution is 2.52. The Morgan fingerprint density at radius 2 is 2.00 bits per heavy atom. The van der Waals surface area contributed by atoms with Crippen LogP contribution in [-0.2, 0) is 19.1 Å². The van der Waals surface area contributed by atoms with Crippen molar-refractivity contribution in [2.75, 3.05) is 21.3 Å². The number of fused-ring (bicyclic) bond motifs is 1. The molecule has 0 spiro atoms. The van der Waals surface area contributed by atoms with Gasteiger partial charge in [0.15, 0.2) is 11.5 Å². The number of carbonyl (C=O) groups is 3. The second-order valence-corrected chi connectivity index (χ2v) is 7.71. The minimum atomic E-state index is -1.17. The van der Waals surface area contributed by atoms with Crippen molar-refractivity contribution in [1.82, 2.24) is 4.90 Å². The number of rotatable bonds is 6. The average Bonchev–Trinajstić information content (AvgIpc) is 3.07. The Bertz CT molecular complexity index is 1070. The van der Waals surface area contributed by atoms with Crippen molar-refractivity contribution in [3.8, 4) is 17.6 Å². The molecule has 10 nitrogen and oxygen atoms in total. The third-order valence-electron chi connectivity index (χ3n) is 4.91. The molecule has 2 heterocycles. The van der Waals surface area contributed by atoms with Crippen LogP contribution >= 0.6 is 11.8 Å². The Balaban J connectivity index is 2.30. The molecule has 2 unspecified atom stereocenters. The van der Waals surface area contributed by atoms with Gasteiger partial charge in [-0.1, -0.05) is 23.9 Å². The van der Waals surface area contributed by atoms with Gasteiger partial charge in [0.05, 0.1) is 55.9 Å². The van der Waals surface area contributed by atoms with Gasteiger partial charge in [-0.3, -0.25) is 14.5 Å². The third-order valence-corrected chi connectivity index (χ3v) is 6.19. The number of hydrogen-bond donors (Lipinski definition) is 2. The van der Waals surface area contributed by atoms with Gasteiger partial charge in [0.1, 0.15) is 11.1 Å². The molecule has 2 aliphatic heterocycles. The molecular weight excluding hydrogens is 426 g/mol. The average molecular weight is 445 g/mol. The van der Waals surface area contributed by atoms with E-state index < -0.39 is 35.4 Å². The van der Waals surface area contributed by atoms with Gasteiger partial charge in [0.25, 0.3) is 0 Å². The van der Waals surface area contributed by atoms with Crippen molar-refractivity contribution in [3.05, 3.63) is 45.8 Å². The van der Waals surface area contributed by atoms with Crippen molar-refractivity contribution in [1.29, 1.82) is 5.26 Å². The van der Waals surface area contributed by atoms with E-state index in [1.54, 1.807) is 18.2 Å². The van der Waals surface area contributed by atoms with Crippen molar-refractivity contribution in [2.45, 2.75) is 17.6 Å². The first-order valence-corrected chi connectivity index (χ1v) is 9.84. The number of aliphatic carboxylic acids is 1. The van der Waals surface area contributed by atoms with Crippen LogP contribution in [0.1, 0.15) is 17.9 Å². The molecule has 0 saturated carbocycles. The number of benzene rings is 1. The second-order valence-electron chi connectivity index (χ2n) is 6.51. The molecule has 162 valence electrons. The van der Waals surface area contributed by atoms with E-state index in [4.69, 9.17) is 25.1 Å². The predicted molar refractivity (Wildman–Crippen MR) is 109 cm³/mol. The fourth-order valence-corrected chi connectivity index (χ4v) is 4.90. The molecule has 3 N–H and O–H groups in total. The SMILES string of the molecule is COC(=O)C1=C(N)N2C(=O)C(CC(=O)O)SC2=C(C#N)C1c1cccc(OC)c1OC. The van der Waals surface area contributed by atoms with Gasteiger partial charge in [0, 0.05) is 5.56 Å². The minimum Gasteiger partial charge on any atom is -0.493 e. The van der Waals surface area contributed by atoms with Crippen LogP contribution < -0.4 is 15.2 Å². The summed E-state index contributed by atoms with van der Waals surface area (Å²) in [7, 11) is 4.01. The normalized spacial score (nSPS) is 20.3. The lowest BCUT2D eigenvalue weighted by Gasteiger charge is -2.32. The third kappa shape index (κ3) is 3.55. The Hall–Kier alpha value is -3.65. The van der Waals surface area contributed by atoms with E-state index in [0.717, 1.165) is 23.8 Å². The Kier molecular flexibility index (Phi) is 6.12. The highest BCUT2D eigenvalue weighted by atomic mass is 32.2. The van der Waals surface area contributed by atoms with E-state index in [1.807, 2.05) is 0 Å². The molecule has 1 fully saturated rings. The maximum Gasteiger partial charge on any atom is 0.338 e. The number of nitriles is 1. The molecule has 1 aromatic carbocycles. The molecule has 2 atom stereocenters. The van der Waals surface area contributed by atoms with Gasteiger partial charge in [-0.2, -0.15) is 5.26 Å². The van der Waals surface area contributed by atoms with E-state index in [2.05, 4.69) is 6.07 Å². The number of nitrogens with two attached hydrogens (primary N) is 1. The molecule has 1 amide bonds. The summed E-state index contributed by atoms with van der Waals surface area (Å²) in [5.41, 5.74) is 6.57. The predicted octanol–water partition coefficient (Wildman–Crippen LogP) is 1.30. The summed E-state index contributed by atoms with van der Waals surface area (Å²) in [5.74, 6) is -3.22. The number of para-hydroxylation sites is 1. The van der Waals surface area contributed by atoms with Gasteiger partial charge in [0.2, 0.25) is 5.91 Å². The molecule has 11 heteroatoms. The molecule has 2 aliphatic rings. The zero-order valence-electron chi connectivity index (χ0n) is 16.9. The van der Waals surface area contributed by atoms with Gasteiger partial charge >= 0.3 is 11.9 Å². The molecule has 0 bridgehead atoms. The van der Waals surface area contributed by atoms with E-state index in [9.17, 15) is 19.6 Å². The maximum atomic E-state index is 12.9. The second kappa shape index (κ2) is 8.61. The largest absolute Gasteiger partial charge is 0.493 e. The smallest absolute Gasteiger partial charge is 0.338 e. The molecule has 0 aliphatic carbocycles. The van der Waals surface area contributed by atoms with E-state index in [1.165, 1.54) is 14.2 Å². The summed E-state index contributed by atoms with van der Waals surface area (Å²) in [5, 5.41) is 18.3. The van der Waals surface area contributed by atoms with Crippen molar-refractivity contribution in [2.24, 2.45) is 5.73 Å². The Morgan fingerprint density at radius 1 is 1.29 bits per heavy atom. The molecule has 0 radical (unpaired) electrons. The molecule has 3 rings (SSSR count). The lowest BCUT2D eigenvalue weighted by molar-refractivity contribution is -0.139. The minimum absolute atomic E-state index is 0.0485. The first-order valence-electron chi connectivity index (χ1n) is 8.96. The highest BCUT2D eigenvalue weighted by Gasteiger charge is 2.49. The summed E-state index contributed by atoms with van der Waals surface area (Å²) in [6.07, 6.45) is -0.462. The molecule has 0 aromatic heterocycles. The van der Waals surface area contributed by atoms with Crippen LogP contribution in [0.2, 0.25) is 0 Å². The molecule has 1 aromatic rings. The summed E-state index contributed by atoms with van der Waals surface area (Å²) in [6, 6.07) is 7.02. The van der Waals surface area contributed by atoms with Crippen LogP contribution in [0.4, 0.5) is 0 Å². The number of hydrogen-bond acceptors (Lipinski definition) is 9. The van der Waals surface area contributed by atoms with E-state index >= 15 is 0 Å². The van der Waals surface area contributed by atoms with E-state index in [0.29, 0.717) is 11.3 Å². The topological polar surface area (TPSA) is 152 Å². The lowest BCUT2D eigenvalue weighted by Crippen LogP contribution is -2.39. The number of allylic oxidation sites excluding steroid dienone is 1. The van der Waals surface area contributed by atoms with Crippen LogP contribution in [0.5, 0.6) is 11.5 Å². The van der Waals surface area contributed by atoms with Crippen LogP contribution in [0, 0.1) is 11.3 Å². The number of ether oxygens (including phenoxy) is 3. The molecule has 1 saturated heterocycles. The molecular formula is C20H19N3O7S. The van der Waals surface area contributed by atoms with Gasteiger partial charge in [-0.25, -0.2) is 4.79 Å². The van der Waals surface area contributed by atoms with Gasteiger partial charge < -0.3 is 25.1 Å². The maximum absolute atomic E-state index is 12.9. The zero-order chi connectivity index (χ0) is 22.9. The number of carbonyl (C=O) groups excluding carboxylic acids is 2. The number of amides is 1. The van der Waals surface area contributed by atoms with Crippen molar-refractivity contribution >= 4 is 29.6 Å². The fourth-order valence-electron chi connectivity index (χ4n) is 3.61. The number of carboxylic acids is 1. The summed E-state index contributed by atoms with van der Waals surface area (Å²) in [4.78, 5) is 37.8. The quantitative estimate of drug-likeness (QED) is 0.613. The highest BCUT2D eigenvalue weighted by molar-refractivity contribution is 8.04. The number of carboxylic acid groups (broad SMARTS) is 1. The van der Waals surface area contributed by atoms with Crippen LogP contribution in [0.25, 0.3) is 0 Å². The molecule has 31 heavy (non-hydrogen) atoms. The first kappa shape index (κ1) is 22.0. The fraction of sp³-hybridized carbons (Fsp3) is 0.300. The lowest BCUT2D eigenvalue weighted by atomic mass is 9.82. The number of thioether (sulfide) groups is 1. The van der Waals surface area contributed by atoms with Crippen molar-refractivity contribution < 1.29 is 33.7 Å². The summed E-state index contributed by atoms with van der Waals surface area (Å²) >= 11 is 0.925. The van der Waals surface area contributed by atoms with Crippen LogP contribution in [-0.4, -0.2) is 54.4 Å². The monoisotopic (exact) mass is 445 g/mol. The standard InChI is InChI=1S/C20H19N3O7S/c1-28-11-6-4-5-9(16(11)29-2)14-10(8-21)19-23(17(22)15(14)20(27)30-3)18(26)12(31-19)7-13(24)25/h4-6,12,14H,7,22H2,1-3H3,(H,24,25). The number of esters is 1. The van der Waals surface area contributed by atoms with Crippen molar-refractivity contribution in [3.63, 3.8) is 0 Å². The Labute approximate surface area is 181 Å². The number of methoxy groups -OCH3 is 3. The number of nitrogens with zero attached hydrogens (tertiary/aromatic N) is 2. The Morgan fingerprint density at radius 3 is 2.55 bits per heavy atom. The van der Waals surface area contributed by atoms with Crippen LogP contribution in [0.15, 0.2) is 40.2 Å². The van der Waals surface area contributed by atoms with E-state index in [-0.39, 0.29) is 27.7 Å². The first-order chi connectivity index (χ1) is 14.8. The van der Waals surface area contributed by atoms with Gasteiger partial charge in [-0.15, -0.1) is 0 Å².